The van der Waals surface area contributed by atoms with Gasteiger partial charge in [-0.1, -0.05) is 37.3 Å². The minimum absolute atomic E-state index is 0.237. The number of hydrogen-bond acceptors (Lipinski definition) is 4. The molecular formula is C18H26O4. The Kier molecular flexibility index (Phi) is 10.4. The third kappa shape index (κ3) is 7.07. The molecule has 0 saturated carbocycles. The second kappa shape index (κ2) is 11.5. The molecule has 0 unspecified atom stereocenters. The van der Waals surface area contributed by atoms with Crippen molar-refractivity contribution in [3.8, 4) is 0 Å². The maximum absolute atomic E-state index is 11.2. The van der Waals surface area contributed by atoms with Crippen molar-refractivity contribution in [3.05, 3.63) is 47.3 Å². The van der Waals surface area contributed by atoms with E-state index in [1.807, 2.05) is 19.1 Å². The number of rotatable bonds is 10. The minimum atomic E-state index is -0.237. The molecule has 0 saturated heterocycles. The Balaban J connectivity index is 4.96. The van der Waals surface area contributed by atoms with Gasteiger partial charge in [0.15, 0.2) is 6.29 Å². The van der Waals surface area contributed by atoms with Crippen LogP contribution in [0.3, 0.4) is 0 Å². The first-order chi connectivity index (χ1) is 10.5. The minimum Gasteiger partial charge on any atom is -0.501 e. The van der Waals surface area contributed by atoms with Crippen molar-refractivity contribution in [1.82, 2.24) is 0 Å². The van der Waals surface area contributed by atoms with E-state index >= 15 is 0 Å². The lowest BCUT2D eigenvalue weighted by molar-refractivity contribution is -0.140. The zero-order valence-corrected chi connectivity index (χ0v) is 14.0. The van der Waals surface area contributed by atoms with Crippen LogP contribution in [0.4, 0.5) is 0 Å². The Morgan fingerprint density at radius 3 is 2.27 bits per heavy atom. The summed E-state index contributed by atoms with van der Waals surface area (Å²) in [6.45, 7) is 7.52. The van der Waals surface area contributed by atoms with Crippen molar-refractivity contribution in [1.29, 1.82) is 0 Å². The van der Waals surface area contributed by atoms with Crippen LogP contribution in [0.25, 0.3) is 0 Å². The average Bonchev–Trinajstić information content (AvgIpc) is 2.55. The number of methoxy groups -OCH3 is 2. The van der Waals surface area contributed by atoms with Gasteiger partial charge in [-0.05, 0) is 31.8 Å². The molecule has 0 aromatic carbocycles. The fraction of sp³-hybridized carbons (Fsp3) is 0.444. The van der Waals surface area contributed by atoms with Gasteiger partial charge in [0.2, 0.25) is 0 Å². The standard InChI is InChI=1S/C18H26O4/c1-6-15(11-12-18(20)22-5)9-8-10-16(7-2)17(13-19)14(3)21-4/h6,9-10,13H,1,7-8,11-12H2,2-5H3/b15-9+,16-10+,17-14-. The first-order valence-electron chi connectivity index (χ1n) is 7.31. The van der Waals surface area contributed by atoms with E-state index in [2.05, 4.69) is 11.3 Å². The molecule has 0 aromatic rings. The first kappa shape index (κ1) is 19.9. The van der Waals surface area contributed by atoms with E-state index in [0.717, 1.165) is 23.9 Å². The Morgan fingerprint density at radius 2 is 1.82 bits per heavy atom. The number of carbonyl (C=O) groups excluding carboxylic acids is 2. The zero-order valence-electron chi connectivity index (χ0n) is 14.0. The lowest BCUT2D eigenvalue weighted by atomic mass is 10.0. The van der Waals surface area contributed by atoms with Crippen LogP contribution in [-0.2, 0) is 19.1 Å². The Labute approximate surface area is 133 Å². The summed E-state index contributed by atoms with van der Waals surface area (Å²) in [6, 6.07) is 0. The SMILES string of the molecule is C=C/C(=C\C/C=C(CC)/C(C=O)=C(/C)OC)CCC(=O)OC. The smallest absolute Gasteiger partial charge is 0.305 e. The summed E-state index contributed by atoms with van der Waals surface area (Å²) >= 11 is 0. The van der Waals surface area contributed by atoms with Crippen molar-refractivity contribution in [2.75, 3.05) is 14.2 Å². The third-order valence-electron chi connectivity index (χ3n) is 3.38. The van der Waals surface area contributed by atoms with Gasteiger partial charge in [-0.25, -0.2) is 0 Å². The van der Waals surface area contributed by atoms with E-state index in [9.17, 15) is 9.59 Å². The van der Waals surface area contributed by atoms with Crippen molar-refractivity contribution < 1.29 is 19.1 Å². The summed E-state index contributed by atoms with van der Waals surface area (Å²) in [6.07, 6.45) is 8.89. The van der Waals surface area contributed by atoms with Crippen LogP contribution in [0, 0.1) is 0 Å². The topological polar surface area (TPSA) is 52.6 Å². The average molecular weight is 306 g/mol. The Hall–Kier alpha value is -2.10. The second-order valence-electron chi connectivity index (χ2n) is 4.67. The number of hydrogen-bond donors (Lipinski definition) is 0. The van der Waals surface area contributed by atoms with E-state index in [1.165, 1.54) is 7.11 Å². The molecule has 0 amide bonds. The van der Waals surface area contributed by atoms with Gasteiger partial charge in [0.05, 0.1) is 19.8 Å². The van der Waals surface area contributed by atoms with Gasteiger partial charge < -0.3 is 9.47 Å². The summed E-state index contributed by atoms with van der Waals surface area (Å²) in [5.41, 5.74) is 2.52. The van der Waals surface area contributed by atoms with Gasteiger partial charge in [-0.15, -0.1) is 0 Å². The fourth-order valence-electron chi connectivity index (χ4n) is 1.93. The van der Waals surface area contributed by atoms with Crippen molar-refractivity contribution in [3.63, 3.8) is 0 Å². The third-order valence-corrected chi connectivity index (χ3v) is 3.38. The molecule has 0 aromatic heterocycles. The van der Waals surface area contributed by atoms with E-state index < -0.39 is 0 Å². The van der Waals surface area contributed by atoms with Crippen LogP contribution in [0.1, 0.15) is 39.5 Å². The summed E-state index contributed by atoms with van der Waals surface area (Å²) in [7, 11) is 2.93. The van der Waals surface area contributed by atoms with Crippen LogP contribution >= 0.6 is 0 Å². The van der Waals surface area contributed by atoms with E-state index in [-0.39, 0.29) is 5.97 Å². The van der Waals surface area contributed by atoms with Crippen molar-refractivity contribution >= 4 is 12.3 Å². The number of esters is 1. The van der Waals surface area contributed by atoms with Gasteiger partial charge >= 0.3 is 5.97 Å². The highest BCUT2D eigenvalue weighted by molar-refractivity contribution is 5.80. The molecule has 0 aliphatic heterocycles. The molecule has 0 fully saturated rings. The molecule has 0 bridgehead atoms. The molecule has 0 radical (unpaired) electrons. The van der Waals surface area contributed by atoms with E-state index in [0.29, 0.717) is 30.6 Å². The molecule has 0 aliphatic rings. The fourth-order valence-corrected chi connectivity index (χ4v) is 1.93. The highest BCUT2D eigenvalue weighted by Crippen LogP contribution is 2.18. The molecule has 0 aliphatic carbocycles. The lowest BCUT2D eigenvalue weighted by Gasteiger charge is -2.08. The van der Waals surface area contributed by atoms with Crippen LogP contribution in [0.15, 0.2) is 47.3 Å². The van der Waals surface area contributed by atoms with Gasteiger partial charge in [0.25, 0.3) is 0 Å². The Bertz CT molecular complexity index is 481. The zero-order chi connectivity index (χ0) is 17.0. The van der Waals surface area contributed by atoms with Crippen molar-refractivity contribution in [2.45, 2.75) is 39.5 Å². The predicted octanol–water partition coefficient (Wildman–Crippen LogP) is 3.90. The quantitative estimate of drug-likeness (QED) is 0.202. The first-order valence-corrected chi connectivity index (χ1v) is 7.31. The van der Waals surface area contributed by atoms with Crippen LogP contribution in [0.5, 0.6) is 0 Å². The summed E-state index contributed by atoms with van der Waals surface area (Å²) in [5, 5.41) is 0. The van der Waals surface area contributed by atoms with Crippen LogP contribution in [0.2, 0.25) is 0 Å². The van der Waals surface area contributed by atoms with E-state index in [1.54, 1.807) is 20.1 Å². The maximum Gasteiger partial charge on any atom is 0.305 e. The molecule has 0 rings (SSSR count). The van der Waals surface area contributed by atoms with Crippen molar-refractivity contribution in [2.24, 2.45) is 0 Å². The molecule has 22 heavy (non-hydrogen) atoms. The molecular weight excluding hydrogens is 280 g/mol. The second-order valence-corrected chi connectivity index (χ2v) is 4.67. The monoisotopic (exact) mass is 306 g/mol. The molecule has 122 valence electrons. The molecule has 4 heteroatoms. The highest BCUT2D eigenvalue weighted by atomic mass is 16.5. The lowest BCUT2D eigenvalue weighted by Crippen LogP contribution is -1.99. The molecule has 4 nitrogen and oxygen atoms in total. The number of carbonyl (C=O) groups is 2. The Morgan fingerprint density at radius 1 is 1.14 bits per heavy atom. The van der Waals surface area contributed by atoms with Gasteiger partial charge in [-0.3, -0.25) is 9.59 Å². The van der Waals surface area contributed by atoms with Crippen LogP contribution < -0.4 is 0 Å². The van der Waals surface area contributed by atoms with Crippen LogP contribution in [-0.4, -0.2) is 26.5 Å². The molecule has 0 atom stereocenters. The number of aldehydes is 1. The van der Waals surface area contributed by atoms with Gasteiger partial charge in [0, 0.05) is 6.42 Å². The normalized spacial score (nSPS) is 13.3. The molecule has 0 N–H and O–H groups in total. The maximum atomic E-state index is 11.2. The molecule has 0 spiro atoms. The van der Waals surface area contributed by atoms with Gasteiger partial charge in [0.1, 0.15) is 5.76 Å². The largest absolute Gasteiger partial charge is 0.501 e. The van der Waals surface area contributed by atoms with Gasteiger partial charge in [-0.2, -0.15) is 0 Å². The summed E-state index contributed by atoms with van der Waals surface area (Å²) in [5.74, 6) is 0.376. The molecule has 0 heterocycles. The number of ether oxygens (including phenoxy) is 2. The predicted molar refractivity (Wildman–Crippen MR) is 88.3 cm³/mol. The summed E-state index contributed by atoms with van der Waals surface area (Å²) in [4.78, 5) is 22.3. The summed E-state index contributed by atoms with van der Waals surface area (Å²) < 4.78 is 9.76. The highest BCUT2D eigenvalue weighted by Gasteiger charge is 2.07. The number of allylic oxidation sites excluding steroid dienone is 7. The van der Waals surface area contributed by atoms with E-state index in [4.69, 9.17) is 4.74 Å².